The molecule has 3 aliphatic rings. The van der Waals surface area contributed by atoms with Crippen molar-refractivity contribution in [2.24, 2.45) is 23.2 Å². The lowest BCUT2D eigenvalue weighted by molar-refractivity contribution is -0.146. The van der Waals surface area contributed by atoms with Gasteiger partial charge in [0.2, 0.25) is 0 Å². The molecule has 2 N–H and O–H groups in total. The molecule has 3 rings (SSSR count). The Kier molecular flexibility index (Phi) is 2.46. The second-order valence-corrected chi connectivity index (χ2v) is 6.19. The van der Waals surface area contributed by atoms with Gasteiger partial charge in [0.15, 0.2) is 0 Å². The second kappa shape index (κ2) is 3.73. The first-order valence-electron chi connectivity index (χ1n) is 6.63. The first-order valence-corrected chi connectivity index (χ1v) is 6.63. The van der Waals surface area contributed by atoms with Gasteiger partial charge < -0.3 is 10.4 Å². The van der Waals surface area contributed by atoms with Gasteiger partial charge in [0, 0.05) is 13.1 Å². The van der Waals surface area contributed by atoms with E-state index in [0.29, 0.717) is 6.54 Å². The Morgan fingerprint density at radius 2 is 1.94 bits per heavy atom. The summed E-state index contributed by atoms with van der Waals surface area (Å²) in [4.78, 5) is 11.4. The Balaban J connectivity index is 1.84. The number of carboxylic acid groups (broad SMARTS) is 1. The summed E-state index contributed by atoms with van der Waals surface area (Å²) in [5.41, 5.74) is 0.0971. The van der Waals surface area contributed by atoms with Crippen LogP contribution in [0.1, 0.15) is 38.5 Å². The molecule has 3 heteroatoms. The number of hydrogen-bond acceptors (Lipinski definition) is 2. The van der Waals surface area contributed by atoms with Crippen molar-refractivity contribution in [2.75, 3.05) is 13.1 Å². The number of nitrogens with one attached hydrogen (secondary N) is 1. The molecule has 1 spiro atoms. The van der Waals surface area contributed by atoms with Gasteiger partial charge in [-0.25, -0.2) is 0 Å². The zero-order chi connectivity index (χ0) is 11.2. The van der Waals surface area contributed by atoms with Gasteiger partial charge in [-0.15, -0.1) is 0 Å². The summed E-state index contributed by atoms with van der Waals surface area (Å²) in [7, 11) is 0. The standard InChI is InChI=1S/C13H21NO2/c15-12(16)11-7-14-8-13(11)5-9-2-1-3-10(4-9)6-13/h9-11,14H,1-8H2,(H,15,16). The van der Waals surface area contributed by atoms with Crippen LogP contribution in [0, 0.1) is 23.2 Å². The smallest absolute Gasteiger partial charge is 0.308 e. The Labute approximate surface area is 96.6 Å². The average Bonchev–Trinajstić information content (AvgIpc) is 2.60. The predicted molar refractivity (Wildman–Crippen MR) is 61.1 cm³/mol. The third kappa shape index (κ3) is 1.56. The lowest BCUT2D eigenvalue weighted by Crippen LogP contribution is -2.43. The van der Waals surface area contributed by atoms with Crippen molar-refractivity contribution in [3.05, 3.63) is 0 Å². The SMILES string of the molecule is O=C(O)C1CNCC12CC1CCCC(C1)C2. The number of carbonyl (C=O) groups is 1. The molecule has 3 atom stereocenters. The first kappa shape index (κ1) is 10.6. The highest BCUT2D eigenvalue weighted by atomic mass is 16.4. The van der Waals surface area contributed by atoms with E-state index in [1.807, 2.05) is 0 Å². The molecule has 2 aliphatic carbocycles. The molecule has 0 aromatic rings. The Morgan fingerprint density at radius 3 is 2.56 bits per heavy atom. The van der Waals surface area contributed by atoms with Crippen molar-refractivity contribution in [1.82, 2.24) is 5.32 Å². The number of fused-ring (bicyclic) bond motifs is 2. The fourth-order valence-corrected chi connectivity index (χ4v) is 4.59. The summed E-state index contributed by atoms with van der Waals surface area (Å²) in [6, 6.07) is 0. The summed E-state index contributed by atoms with van der Waals surface area (Å²) in [6.45, 7) is 1.63. The van der Waals surface area contributed by atoms with Gasteiger partial charge in [-0.2, -0.15) is 0 Å². The topological polar surface area (TPSA) is 49.3 Å². The summed E-state index contributed by atoms with van der Waals surface area (Å²) in [6.07, 6.45) is 7.74. The van der Waals surface area contributed by atoms with Gasteiger partial charge in [0.05, 0.1) is 5.92 Å². The number of rotatable bonds is 1. The lowest BCUT2D eigenvalue weighted by Gasteiger charge is -2.47. The predicted octanol–water partition coefficient (Wildman–Crippen LogP) is 1.88. The third-order valence-corrected chi connectivity index (χ3v) is 5.14. The van der Waals surface area contributed by atoms with E-state index in [2.05, 4.69) is 5.32 Å². The molecule has 0 aromatic carbocycles. The molecule has 0 radical (unpaired) electrons. The molecule has 3 fully saturated rings. The molecule has 90 valence electrons. The zero-order valence-electron chi connectivity index (χ0n) is 9.74. The van der Waals surface area contributed by atoms with Crippen molar-refractivity contribution in [1.29, 1.82) is 0 Å². The minimum atomic E-state index is -0.579. The van der Waals surface area contributed by atoms with Crippen LogP contribution in [-0.4, -0.2) is 24.2 Å². The van der Waals surface area contributed by atoms with Crippen LogP contribution in [0.4, 0.5) is 0 Å². The molecule has 2 saturated carbocycles. The van der Waals surface area contributed by atoms with Gasteiger partial charge in [-0.05, 0) is 36.5 Å². The summed E-state index contributed by atoms with van der Waals surface area (Å²) >= 11 is 0. The van der Waals surface area contributed by atoms with E-state index in [0.717, 1.165) is 31.2 Å². The Bertz CT molecular complexity index is 290. The van der Waals surface area contributed by atoms with Gasteiger partial charge in [0.1, 0.15) is 0 Å². The number of aliphatic carboxylic acids is 1. The maximum absolute atomic E-state index is 11.4. The second-order valence-electron chi connectivity index (χ2n) is 6.19. The molecule has 1 saturated heterocycles. The molecular weight excluding hydrogens is 202 g/mol. The quantitative estimate of drug-likeness (QED) is 0.713. The normalized spacial score (nSPS) is 47.1. The van der Waals surface area contributed by atoms with Crippen molar-refractivity contribution >= 4 is 5.97 Å². The molecule has 0 aromatic heterocycles. The Morgan fingerprint density at radius 1 is 1.25 bits per heavy atom. The molecule has 1 aliphatic heterocycles. The van der Waals surface area contributed by atoms with E-state index in [-0.39, 0.29) is 11.3 Å². The van der Waals surface area contributed by atoms with E-state index in [9.17, 15) is 9.90 Å². The van der Waals surface area contributed by atoms with Gasteiger partial charge in [-0.3, -0.25) is 4.79 Å². The van der Waals surface area contributed by atoms with Crippen molar-refractivity contribution in [3.8, 4) is 0 Å². The van der Waals surface area contributed by atoms with Crippen LogP contribution in [0.3, 0.4) is 0 Å². The minimum absolute atomic E-state index is 0.0971. The van der Waals surface area contributed by atoms with E-state index in [4.69, 9.17) is 0 Å². The summed E-state index contributed by atoms with van der Waals surface area (Å²) < 4.78 is 0. The molecule has 16 heavy (non-hydrogen) atoms. The molecule has 1 heterocycles. The molecule has 2 bridgehead atoms. The average molecular weight is 223 g/mol. The highest BCUT2D eigenvalue weighted by molar-refractivity contribution is 5.72. The van der Waals surface area contributed by atoms with E-state index in [1.165, 1.54) is 25.7 Å². The number of carboxylic acids is 1. The van der Waals surface area contributed by atoms with Gasteiger partial charge in [0.25, 0.3) is 0 Å². The molecule has 3 nitrogen and oxygen atoms in total. The molecular formula is C13H21NO2. The van der Waals surface area contributed by atoms with E-state index in [1.54, 1.807) is 0 Å². The fourth-order valence-electron chi connectivity index (χ4n) is 4.59. The van der Waals surface area contributed by atoms with Crippen molar-refractivity contribution in [2.45, 2.75) is 38.5 Å². The van der Waals surface area contributed by atoms with Crippen LogP contribution in [0.5, 0.6) is 0 Å². The van der Waals surface area contributed by atoms with Crippen LogP contribution in [-0.2, 0) is 4.79 Å². The van der Waals surface area contributed by atoms with E-state index < -0.39 is 5.97 Å². The van der Waals surface area contributed by atoms with Crippen LogP contribution < -0.4 is 5.32 Å². The monoisotopic (exact) mass is 223 g/mol. The van der Waals surface area contributed by atoms with Crippen LogP contribution in [0.2, 0.25) is 0 Å². The fraction of sp³-hybridized carbons (Fsp3) is 0.923. The molecule has 3 unspecified atom stereocenters. The third-order valence-electron chi connectivity index (χ3n) is 5.14. The molecule has 0 amide bonds. The van der Waals surface area contributed by atoms with Crippen LogP contribution in [0.15, 0.2) is 0 Å². The maximum Gasteiger partial charge on any atom is 0.308 e. The minimum Gasteiger partial charge on any atom is -0.481 e. The highest BCUT2D eigenvalue weighted by Crippen LogP contribution is 2.53. The summed E-state index contributed by atoms with van der Waals surface area (Å²) in [5.74, 6) is 0.921. The highest BCUT2D eigenvalue weighted by Gasteiger charge is 2.51. The number of hydrogen-bond donors (Lipinski definition) is 2. The van der Waals surface area contributed by atoms with E-state index >= 15 is 0 Å². The summed E-state index contributed by atoms with van der Waals surface area (Å²) in [5, 5.41) is 12.7. The first-order chi connectivity index (χ1) is 7.70. The maximum atomic E-state index is 11.4. The van der Waals surface area contributed by atoms with Crippen molar-refractivity contribution < 1.29 is 9.90 Å². The van der Waals surface area contributed by atoms with Crippen molar-refractivity contribution in [3.63, 3.8) is 0 Å². The Hall–Kier alpha value is -0.570. The van der Waals surface area contributed by atoms with Crippen LogP contribution in [0.25, 0.3) is 0 Å². The van der Waals surface area contributed by atoms with Gasteiger partial charge in [-0.1, -0.05) is 19.3 Å². The lowest BCUT2D eigenvalue weighted by atomic mass is 9.57. The zero-order valence-corrected chi connectivity index (χ0v) is 9.74. The van der Waals surface area contributed by atoms with Gasteiger partial charge >= 0.3 is 5.97 Å². The largest absolute Gasteiger partial charge is 0.481 e. The van der Waals surface area contributed by atoms with Crippen LogP contribution >= 0.6 is 0 Å².